The van der Waals surface area contributed by atoms with Crippen molar-refractivity contribution in [2.75, 3.05) is 6.54 Å². The van der Waals surface area contributed by atoms with Crippen LogP contribution >= 0.6 is 0 Å². The number of para-hydroxylation sites is 1. The number of nitro groups is 1. The van der Waals surface area contributed by atoms with E-state index in [1.54, 1.807) is 18.2 Å². The monoisotopic (exact) mass is 245 g/mol. The first-order valence-corrected chi connectivity index (χ1v) is 5.51. The first kappa shape index (κ1) is 12.0. The molecule has 1 atom stereocenters. The number of hydrogen-bond donors (Lipinski definition) is 0. The van der Waals surface area contributed by atoms with E-state index in [0.717, 1.165) is 0 Å². The van der Waals surface area contributed by atoms with Gasteiger partial charge in [-0.3, -0.25) is 14.9 Å². The Morgan fingerprint density at radius 2 is 2.22 bits per heavy atom. The molecule has 2 rings (SSSR count). The fraction of sp³-hybridized carbons (Fsp3) is 0.333. The maximum absolute atomic E-state index is 11.6. The van der Waals surface area contributed by atoms with Crippen molar-refractivity contribution >= 4 is 11.6 Å². The minimum atomic E-state index is -0.461. The van der Waals surface area contributed by atoms with E-state index in [2.05, 4.69) is 6.07 Å². The molecule has 1 aromatic carbocycles. The normalized spacial score (nSPS) is 18.7. The Kier molecular flexibility index (Phi) is 3.24. The summed E-state index contributed by atoms with van der Waals surface area (Å²) in [4.78, 5) is 23.5. The van der Waals surface area contributed by atoms with Crippen LogP contribution in [0.25, 0.3) is 0 Å². The highest BCUT2D eigenvalue weighted by Gasteiger charge is 2.30. The predicted octanol–water partition coefficient (Wildman–Crippen LogP) is 1.47. The van der Waals surface area contributed by atoms with Crippen molar-refractivity contribution < 1.29 is 9.72 Å². The summed E-state index contributed by atoms with van der Waals surface area (Å²) in [5, 5.41) is 19.6. The Labute approximate surface area is 104 Å². The van der Waals surface area contributed by atoms with E-state index in [-0.39, 0.29) is 30.5 Å². The predicted molar refractivity (Wildman–Crippen MR) is 62.2 cm³/mol. The van der Waals surface area contributed by atoms with Gasteiger partial charge in [-0.05, 0) is 0 Å². The average molecular weight is 245 g/mol. The van der Waals surface area contributed by atoms with Gasteiger partial charge in [-0.2, -0.15) is 5.26 Å². The molecule has 0 aromatic heterocycles. The number of carbonyl (C=O) groups is 1. The lowest BCUT2D eigenvalue weighted by Crippen LogP contribution is -2.24. The maximum Gasteiger partial charge on any atom is 0.274 e. The lowest BCUT2D eigenvalue weighted by Gasteiger charge is -2.15. The van der Waals surface area contributed by atoms with E-state index in [9.17, 15) is 14.9 Å². The topological polar surface area (TPSA) is 87.2 Å². The van der Waals surface area contributed by atoms with Crippen molar-refractivity contribution in [2.24, 2.45) is 5.92 Å². The molecule has 0 aliphatic carbocycles. The van der Waals surface area contributed by atoms with Crippen LogP contribution in [-0.2, 0) is 11.3 Å². The smallest absolute Gasteiger partial charge is 0.274 e. The van der Waals surface area contributed by atoms with E-state index < -0.39 is 4.92 Å². The second-order valence-corrected chi connectivity index (χ2v) is 4.19. The molecule has 0 N–H and O–H groups in total. The van der Waals surface area contributed by atoms with Gasteiger partial charge in [0.25, 0.3) is 5.69 Å². The van der Waals surface area contributed by atoms with Crippen molar-refractivity contribution in [3.05, 3.63) is 39.9 Å². The number of likely N-dealkylation sites (tertiary alicyclic amines) is 1. The Morgan fingerprint density at radius 1 is 1.50 bits per heavy atom. The summed E-state index contributed by atoms with van der Waals surface area (Å²) in [5.74, 6) is -0.431. The molecule has 92 valence electrons. The molecule has 1 aliphatic rings. The summed E-state index contributed by atoms with van der Waals surface area (Å²) in [6, 6.07) is 8.38. The lowest BCUT2D eigenvalue weighted by atomic mass is 10.1. The summed E-state index contributed by atoms with van der Waals surface area (Å²) in [6.45, 7) is 0.537. The van der Waals surface area contributed by atoms with E-state index >= 15 is 0 Å². The van der Waals surface area contributed by atoms with Gasteiger partial charge in [0.1, 0.15) is 0 Å². The molecule has 6 heteroatoms. The van der Waals surface area contributed by atoms with Crippen molar-refractivity contribution in [1.82, 2.24) is 4.90 Å². The van der Waals surface area contributed by atoms with Crippen LogP contribution in [0.1, 0.15) is 12.0 Å². The highest BCUT2D eigenvalue weighted by atomic mass is 16.6. The zero-order valence-electron chi connectivity index (χ0n) is 9.57. The van der Waals surface area contributed by atoms with Crippen LogP contribution in [0.15, 0.2) is 24.3 Å². The van der Waals surface area contributed by atoms with Crippen LogP contribution < -0.4 is 0 Å². The first-order chi connectivity index (χ1) is 8.61. The zero-order valence-corrected chi connectivity index (χ0v) is 9.57. The molecule has 0 bridgehead atoms. The summed E-state index contributed by atoms with van der Waals surface area (Å²) < 4.78 is 0. The van der Waals surface area contributed by atoms with E-state index in [1.807, 2.05) is 0 Å². The molecule has 0 spiro atoms. The van der Waals surface area contributed by atoms with Gasteiger partial charge < -0.3 is 4.90 Å². The average Bonchev–Trinajstić information content (AvgIpc) is 2.71. The molecule has 18 heavy (non-hydrogen) atoms. The molecule has 1 saturated heterocycles. The van der Waals surface area contributed by atoms with Crippen molar-refractivity contribution in [2.45, 2.75) is 13.0 Å². The van der Waals surface area contributed by atoms with Gasteiger partial charge in [-0.1, -0.05) is 18.2 Å². The van der Waals surface area contributed by atoms with Gasteiger partial charge in [0.2, 0.25) is 5.91 Å². The Balaban J connectivity index is 2.18. The maximum atomic E-state index is 11.6. The standard InChI is InChI=1S/C12H11N3O3/c13-6-9-5-12(16)14(7-9)8-10-3-1-2-4-11(10)15(17)18/h1-4,9H,5,7-8H2. The molecule has 1 amide bonds. The highest BCUT2D eigenvalue weighted by molar-refractivity contribution is 5.79. The number of nitrogens with zero attached hydrogens (tertiary/aromatic N) is 3. The summed E-state index contributed by atoms with van der Waals surface area (Å²) in [6.07, 6.45) is 0.205. The number of amides is 1. The summed E-state index contributed by atoms with van der Waals surface area (Å²) in [7, 11) is 0. The Bertz CT molecular complexity index is 536. The van der Waals surface area contributed by atoms with Crippen LogP contribution in [0.5, 0.6) is 0 Å². The first-order valence-electron chi connectivity index (χ1n) is 5.51. The van der Waals surface area contributed by atoms with E-state index in [1.165, 1.54) is 11.0 Å². The molecule has 0 radical (unpaired) electrons. The quantitative estimate of drug-likeness (QED) is 0.595. The number of carbonyl (C=O) groups excluding carboxylic acids is 1. The number of nitro benzene ring substituents is 1. The second-order valence-electron chi connectivity index (χ2n) is 4.19. The SMILES string of the molecule is N#CC1CC(=O)N(Cc2ccccc2[N+](=O)[O-])C1. The van der Waals surface area contributed by atoms with Gasteiger partial charge in [0.05, 0.1) is 23.5 Å². The third kappa shape index (κ3) is 2.30. The van der Waals surface area contributed by atoms with Crippen molar-refractivity contribution in [3.8, 4) is 6.07 Å². The third-order valence-corrected chi connectivity index (χ3v) is 2.95. The third-order valence-electron chi connectivity index (χ3n) is 2.95. The second kappa shape index (κ2) is 4.84. The molecule has 1 fully saturated rings. The van der Waals surface area contributed by atoms with Crippen LogP contribution in [0.3, 0.4) is 0 Å². The van der Waals surface area contributed by atoms with Crippen LogP contribution in [0, 0.1) is 27.4 Å². The van der Waals surface area contributed by atoms with Crippen molar-refractivity contribution in [1.29, 1.82) is 5.26 Å². The molecule has 1 unspecified atom stereocenters. The summed E-state index contributed by atoms with van der Waals surface area (Å²) in [5.41, 5.74) is 0.500. The van der Waals surface area contributed by atoms with E-state index in [4.69, 9.17) is 5.26 Å². The number of hydrogen-bond acceptors (Lipinski definition) is 4. The molecule has 1 aliphatic heterocycles. The van der Waals surface area contributed by atoms with Crippen LogP contribution in [0.2, 0.25) is 0 Å². The molecular weight excluding hydrogens is 234 g/mol. The minimum absolute atomic E-state index is 0.00528. The largest absolute Gasteiger partial charge is 0.337 e. The van der Waals surface area contributed by atoms with E-state index in [0.29, 0.717) is 12.1 Å². The Hall–Kier alpha value is -2.42. The minimum Gasteiger partial charge on any atom is -0.337 e. The number of benzene rings is 1. The van der Waals surface area contributed by atoms with Gasteiger partial charge in [0, 0.05) is 24.6 Å². The van der Waals surface area contributed by atoms with Crippen LogP contribution in [0.4, 0.5) is 5.69 Å². The van der Waals surface area contributed by atoms with Gasteiger partial charge in [0.15, 0.2) is 0 Å². The van der Waals surface area contributed by atoms with Gasteiger partial charge in [-0.25, -0.2) is 0 Å². The highest BCUT2D eigenvalue weighted by Crippen LogP contribution is 2.24. The summed E-state index contributed by atoms with van der Waals surface area (Å²) >= 11 is 0. The fourth-order valence-electron chi connectivity index (χ4n) is 2.04. The number of rotatable bonds is 3. The molecule has 0 saturated carbocycles. The lowest BCUT2D eigenvalue weighted by molar-refractivity contribution is -0.385. The van der Waals surface area contributed by atoms with Gasteiger partial charge in [-0.15, -0.1) is 0 Å². The molecule has 1 aromatic rings. The molecule has 1 heterocycles. The molecular formula is C12H11N3O3. The Morgan fingerprint density at radius 3 is 2.83 bits per heavy atom. The zero-order chi connectivity index (χ0) is 13.1. The molecule has 6 nitrogen and oxygen atoms in total. The fourth-order valence-corrected chi connectivity index (χ4v) is 2.04. The van der Waals surface area contributed by atoms with Gasteiger partial charge >= 0.3 is 0 Å². The van der Waals surface area contributed by atoms with Crippen LogP contribution in [-0.4, -0.2) is 22.3 Å². The van der Waals surface area contributed by atoms with Crippen molar-refractivity contribution in [3.63, 3.8) is 0 Å². The number of nitriles is 1.